The van der Waals surface area contributed by atoms with Crippen LogP contribution in [-0.4, -0.2) is 16.1 Å². The van der Waals surface area contributed by atoms with Crippen LogP contribution in [0.15, 0.2) is 18.2 Å². The second-order valence-electron chi connectivity index (χ2n) is 4.03. The summed E-state index contributed by atoms with van der Waals surface area (Å²) in [6, 6.07) is 5.01. The van der Waals surface area contributed by atoms with Crippen molar-refractivity contribution in [2.24, 2.45) is 0 Å². The lowest BCUT2D eigenvalue weighted by molar-refractivity contribution is -0.116. The molecule has 0 unspecified atom stereocenters. The molecule has 1 aromatic carbocycles. The predicted molar refractivity (Wildman–Crippen MR) is 78.3 cm³/mol. The summed E-state index contributed by atoms with van der Waals surface area (Å²) in [6.45, 7) is 0. The first-order valence-corrected chi connectivity index (χ1v) is 7.38. The highest BCUT2D eigenvalue weighted by molar-refractivity contribution is 7.15. The Kier molecular flexibility index (Phi) is 5.44. The average Bonchev–Trinajstić information content (AvgIpc) is 2.86. The zero-order chi connectivity index (χ0) is 15.4. The van der Waals surface area contributed by atoms with Gasteiger partial charge in [-0.15, -0.1) is 10.2 Å². The van der Waals surface area contributed by atoms with E-state index in [9.17, 15) is 13.6 Å². The molecule has 9 heteroatoms. The van der Waals surface area contributed by atoms with Gasteiger partial charge in [0, 0.05) is 16.5 Å². The molecule has 0 bridgehead atoms. The highest BCUT2D eigenvalue weighted by Crippen LogP contribution is 2.25. The van der Waals surface area contributed by atoms with Crippen LogP contribution in [0.3, 0.4) is 0 Å². The lowest BCUT2D eigenvalue weighted by Gasteiger charge is -2.04. The molecule has 0 spiro atoms. The van der Waals surface area contributed by atoms with E-state index in [4.69, 9.17) is 23.2 Å². The average molecular weight is 352 g/mol. The van der Waals surface area contributed by atoms with E-state index in [1.807, 2.05) is 0 Å². The number of hydrogen-bond acceptors (Lipinski definition) is 4. The zero-order valence-electron chi connectivity index (χ0n) is 10.4. The number of nitrogens with zero attached hydrogens (tertiary/aromatic N) is 2. The SMILES string of the molecule is O=C(CCc1ccc(Cl)cc1Cl)Nc1nnc(C(F)F)s1. The van der Waals surface area contributed by atoms with Gasteiger partial charge in [-0.05, 0) is 24.1 Å². The standard InChI is InChI=1S/C12H9Cl2F2N3OS/c13-7-3-1-6(8(14)5-7)2-4-9(20)17-12-19-18-11(21-12)10(15)16/h1,3,5,10H,2,4H2,(H,17,19,20). The number of amides is 1. The molecule has 0 aliphatic rings. The molecule has 1 aromatic heterocycles. The Morgan fingerprint density at radius 2 is 2.10 bits per heavy atom. The topological polar surface area (TPSA) is 54.9 Å². The van der Waals surface area contributed by atoms with Crippen LogP contribution >= 0.6 is 34.5 Å². The van der Waals surface area contributed by atoms with Crippen LogP contribution in [0.1, 0.15) is 23.4 Å². The Hall–Kier alpha value is -1.31. The third-order valence-electron chi connectivity index (χ3n) is 2.51. The second kappa shape index (κ2) is 7.11. The summed E-state index contributed by atoms with van der Waals surface area (Å²) in [5.74, 6) is -0.349. The Morgan fingerprint density at radius 1 is 1.33 bits per heavy atom. The molecule has 0 saturated heterocycles. The lowest BCUT2D eigenvalue weighted by Crippen LogP contribution is -2.12. The number of nitrogens with one attached hydrogen (secondary N) is 1. The van der Waals surface area contributed by atoms with Gasteiger partial charge in [0.15, 0.2) is 5.01 Å². The van der Waals surface area contributed by atoms with Crippen LogP contribution in [-0.2, 0) is 11.2 Å². The molecule has 0 fully saturated rings. The molecular formula is C12H9Cl2F2N3OS. The molecule has 0 aliphatic heterocycles. The zero-order valence-corrected chi connectivity index (χ0v) is 12.8. The van der Waals surface area contributed by atoms with E-state index >= 15 is 0 Å². The number of anilines is 1. The highest BCUT2D eigenvalue weighted by atomic mass is 35.5. The smallest absolute Gasteiger partial charge is 0.291 e. The van der Waals surface area contributed by atoms with Crippen LogP contribution < -0.4 is 5.32 Å². The summed E-state index contributed by atoms with van der Waals surface area (Å²) in [6.07, 6.45) is -2.14. The van der Waals surface area contributed by atoms with E-state index in [1.165, 1.54) is 0 Å². The second-order valence-corrected chi connectivity index (χ2v) is 5.88. The summed E-state index contributed by atoms with van der Waals surface area (Å²) in [4.78, 5) is 11.7. The summed E-state index contributed by atoms with van der Waals surface area (Å²) in [5.41, 5.74) is 0.779. The minimum atomic E-state index is -2.69. The normalized spacial score (nSPS) is 10.9. The fraction of sp³-hybridized carbons (Fsp3) is 0.250. The predicted octanol–water partition coefficient (Wildman–Crippen LogP) is 4.35. The number of carbonyl (C=O) groups is 1. The van der Waals surface area contributed by atoms with Gasteiger partial charge in [-0.3, -0.25) is 4.79 Å². The van der Waals surface area contributed by atoms with Crippen molar-refractivity contribution in [2.45, 2.75) is 19.3 Å². The van der Waals surface area contributed by atoms with Gasteiger partial charge in [0.05, 0.1) is 0 Å². The third kappa shape index (κ3) is 4.59. The number of hydrogen-bond donors (Lipinski definition) is 1. The number of aryl methyl sites for hydroxylation is 1. The van der Waals surface area contributed by atoms with E-state index in [0.717, 1.165) is 5.56 Å². The maximum Gasteiger partial charge on any atom is 0.291 e. The number of halogens is 4. The number of benzene rings is 1. The number of alkyl halides is 2. The summed E-state index contributed by atoms with van der Waals surface area (Å²) in [5, 5.41) is 9.80. The van der Waals surface area contributed by atoms with Gasteiger partial charge in [-0.25, -0.2) is 8.78 Å². The number of carbonyl (C=O) groups excluding carboxylic acids is 1. The van der Waals surface area contributed by atoms with Crippen molar-refractivity contribution >= 4 is 45.6 Å². The van der Waals surface area contributed by atoms with Gasteiger partial charge in [-0.1, -0.05) is 40.6 Å². The third-order valence-corrected chi connectivity index (χ3v) is 3.94. The van der Waals surface area contributed by atoms with Crippen molar-refractivity contribution in [3.05, 3.63) is 38.8 Å². The van der Waals surface area contributed by atoms with Crippen molar-refractivity contribution in [3.8, 4) is 0 Å². The summed E-state index contributed by atoms with van der Waals surface area (Å²) >= 11 is 12.4. The van der Waals surface area contributed by atoms with Crippen LogP contribution in [0, 0.1) is 0 Å². The summed E-state index contributed by atoms with van der Waals surface area (Å²) < 4.78 is 24.7. The first kappa shape index (κ1) is 16.1. The lowest BCUT2D eigenvalue weighted by atomic mass is 10.1. The molecule has 1 heterocycles. The minimum absolute atomic E-state index is 0.0532. The van der Waals surface area contributed by atoms with Crippen LogP contribution in [0.4, 0.5) is 13.9 Å². The number of aromatic nitrogens is 2. The van der Waals surface area contributed by atoms with Crippen molar-refractivity contribution < 1.29 is 13.6 Å². The largest absolute Gasteiger partial charge is 0.301 e. The maximum atomic E-state index is 12.3. The van der Waals surface area contributed by atoms with Gasteiger partial charge < -0.3 is 5.32 Å². The maximum absolute atomic E-state index is 12.3. The van der Waals surface area contributed by atoms with Crippen LogP contribution in [0.5, 0.6) is 0 Å². The minimum Gasteiger partial charge on any atom is -0.301 e. The molecule has 1 amide bonds. The quantitative estimate of drug-likeness (QED) is 0.870. The van der Waals surface area contributed by atoms with Crippen molar-refractivity contribution in [2.75, 3.05) is 5.32 Å². The molecule has 112 valence electrons. The van der Waals surface area contributed by atoms with Crippen molar-refractivity contribution in [3.63, 3.8) is 0 Å². The first-order chi connectivity index (χ1) is 9.95. The van der Waals surface area contributed by atoms with Crippen molar-refractivity contribution in [1.82, 2.24) is 10.2 Å². The van der Waals surface area contributed by atoms with Crippen LogP contribution in [0.25, 0.3) is 0 Å². The van der Waals surface area contributed by atoms with E-state index in [-0.39, 0.29) is 17.5 Å². The fourth-order valence-corrected chi connectivity index (χ4v) is 2.65. The Morgan fingerprint density at radius 3 is 2.71 bits per heavy atom. The molecule has 0 aliphatic carbocycles. The van der Waals surface area contributed by atoms with Crippen molar-refractivity contribution in [1.29, 1.82) is 0 Å². The molecule has 21 heavy (non-hydrogen) atoms. The molecule has 0 saturated carbocycles. The van der Waals surface area contributed by atoms with E-state index in [0.29, 0.717) is 27.8 Å². The van der Waals surface area contributed by atoms with E-state index < -0.39 is 11.4 Å². The monoisotopic (exact) mass is 351 g/mol. The van der Waals surface area contributed by atoms with Gasteiger partial charge in [0.25, 0.3) is 6.43 Å². The summed E-state index contributed by atoms with van der Waals surface area (Å²) in [7, 11) is 0. The molecule has 0 atom stereocenters. The number of rotatable bonds is 5. The van der Waals surface area contributed by atoms with Gasteiger partial charge in [-0.2, -0.15) is 0 Å². The van der Waals surface area contributed by atoms with E-state index in [1.54, 1.807) is 18.2 Å². The van der Waals surface area contributed by atoms with Gasteiger partial charge in [0.1, 0.15) is 0 Å². The molecule has 1 N–H and O–H groups in total. The highest BCUT2D eigenvalue weighted by Gasteiger charge is 2.15. The Labute approximate surface area is 133 Å². The Balaban J connectivity index is 1.89. The first-order valence-electron chi connectivity index (χ1n) is 5.81. The Bertz CT molecular complexity index is 651. The molecule has 0 radical (unpaired) electrons. The van der Waals surface area contributed by atoms with Gasteiger partial charge in [0.2, 0.25) is 11.0 Å². The molecule has 2 rings (SSSR count). The molecule has 4 nitrogen and oxygen atoms in total. The van der Waals surface area contributed by atoms with Crippen LogP contribution in [0.2, 0.25) is 10.0 Å². The van der Waals surface area contributed by atoms with Gasteiger partial charge >= 0.3 is 0 Å². The molecule has 2 aromatic rings. The fourth-order valence-electron chi connectivity index (χ4n) is 1.53. The van der Waals surface area contributed by atoms with E-state index in [2.05, 4.69) is 15.5 Å². The molecular weight excluding hydrogens is 343 g/mol.